The molecule has 2 aromatic rings. The van der Waals surface area contributed by atoms with Crippen molar-refractivity contribution in [3.8, 4) is 0 Å². The van der Waals surface area contributed by atoms with Gasteiger partial charge in [0.05, 0.1) is 17.3 Å². The minimum atomic E-state index is -0.517. The monoisotopic (exact) mass is 234 g/mol. The van der Waals surface area contributed by atoms with Crippen LogP contribution < -0.4 is 0 Å². The smallest absolute Gasteiger partial charge is 0.0988 e. The average molecular weight is 234 g/mol. The van der Waals surface area contributed by atoms with Gasteiger partial charge in [0, 0.05) is 26.2 Å². The number of hydrogen-bond donors (Lipinski definition) is 1. The number of benzene rings is 1. The Hall–Kier alpha value is -1.39. The molecule has 0 fully saturated rings. The standard InChI is InChI=1S/C13H18N2O2/c1-15-11-7-4-3-6-10(11)13(14-15)12(16)8-5-9-17-2/h3-4,6-7,12,16H,5,8-9H2,1-2H3. The minimum Gasteiger partial charge on any atom is -0.387 e. The van der Waals surface area contributed by atoms with E-state index in [-0.39, 0.29) is 0 Å². The summed E-state index contributed by atoms with van der Waals surface area (Å²) in [5, 5.41) is 15.5. The van der Waals surface area contributed by atoms with Crippen molar-refractivity contribution in [2.24, 2.45) is 7.05 Å². The molecule has 0 saturated carbocycles. The van der Waals surface area contributed by atoms with Crippen LogP contribution in [0.4, 0.5) is 0 Å². The Morgan fingerprint density at radius 3 is 2.94 bits per heavy atom. The van der Waals surface area contributed by atoms with E-state index in [0.717, 1.165) is 23.0 Å². The summed E-state index contributed by atoms with van der Waals surface area (Å²) in [5.41, 5.74) is 1.81. The molecule has 0 amide bonds. The van der Waals surface area contributed by atoms with Gasteiger partial charge in [-0.05, 0) is 18.9 Å². The van der Waals surface area contributed by atoms with E-state index in [4.69, 9.17) is 4.74 Å². The van der Waals surface area contributed by atoms with E-state index in [0.29, 0.717) is 13.0 Å². The summed E-state index contributed by atoms with van der Waals surface area (Å²) in [5.74, 6) is 0. The predicted molar refractivity (Wildman–Crippen MR) is 66.8 cm³/mol. The molecule has 1 aromatic heterocycles. The number of aryl methyl sites for hydroxylation is 1. The van der Waals surface area contributed by atoms with Crippen molar-refractivity contribution in [1.82, 2.24) is 9.78 Å². The second-order valence-electron chi connectivity index (χ2n) is 4.18. The number of hydrogen-bond acceptors (Lipinski definition) is 3. The SMILES string of the molecule is COCCCC(O)c1nn(C)c2ccccc12. The van der Waals surface area contributed by atoms with Gasteiger partial charge < -0.3 is 9.84 Å². The normalized spacial score (nSPS) is 13.1. The van der Waals surface area contributed by atoms with Crippen LogP contribution in [0.3, 0.4) is 0 Å². The highest BCUT2D eigenvalue weighted by molar-refractivity contribution is 5.82. The lowest BCUT2D eigenvalue weighted by Crippen LogP contribution is -2.02. The Kier molecular flexibility index (Phi) is 3.76. The third kappa shape index (κ3) is 2.48. The molecule has 1 unspecified atom stereocenters. The second-order valence-corrected chi connectivity index (χ2v) is 4.18. The number of ether oxygens (including phenoxy) is 1. The van der Waals surface area contributed by atoms with Crippen molar-refractivity contribution < 1.29 is 9.84 Å². The van der Waals surface area contributed by atoms with Crippen molar-refractivity contribution in [3.05, 3.63) is 30.0 Å². The molecule has 0 bridgehead atoms. The minimum absolute atomic E-state index is 0.517. The first kappa shape index (κ1) is 12.1. The van der Waals surface area contributed by atoms with E-state index < -0.39 is 6.10 Å². The average Bonchev–Trinajstić information content (AvgIpc) is 2.68. The third-order valence-corrected chi connectivity index (χ3v) is 2.93. The van der Waals surface area contributed by atoms with Crippen molar-refractivity contribution in [3.63, 3.8) is 0 Å². The van der Waals surface area contributed by atoms with Crippen molar-refractivity contribution >= 4 is 10.9 Å². The Morgan fingerprint density at radius 1 is 1.41 bits per heavy atom. The molecule has 0 radical (unpaired) electrons. The molecule has 0 spiro atoms. The fourth-order valence-electron chi connectivity index (χ4n) is 2.05. The molecule has 0 aliphatic heterocycles. The molecule has 1 aromatic carbocycles. The Morgan fingerprint density at radius 2 is 2.18 bits per heavy atom. The highest BCUT2D eigenvalue weighted by Gasteiger charge is 2.15. The fraction of sp³-hybridized carbons (Fsp3) is 0.462. The number of methoxy groups -OCH3 is 1. The van der Waals surface area contributed by atoms with Crippen LogP contribution in [0.5, 0.6) is 0 Å². The first-order valence-corrected chi connectivity index (χ1v) is 5.82. The lowest BCUT2D eigenvalue weighted by molar-refractivity contribution is 0.133. The van der Waals surface area contributed by atoms with Crippen LogP contribution in [0.25, 0.3) is 10.9 Å². The van der Waals surface area contributed by atoms with Gasteiger partial charge in [0.1, 0.15) is 0 Å². The van der Waals surface area contributed by atoms with Gasteiger partial charge in [0.2, 0.25) is 0 Å². The van der Waals surface area contributed by atoms with Gasteiger partial charge in [-0.15, -0.1) is 0 Å². The second kappa shape index (κ2) is 5.29. The number of nitrogens with zero attached hydrogens (tertiary/aromatic N) is 2. The molecular weight excluding hydrogens is 216 g/mol. The summed E-state index contributed by atoms with van der Waals surface area (Å²) >= 11 is 0. The van der Waals surface area contributed by atoms with Crippen molar-refractivity contribution in [2.75, 3.05) is 13.7 Å². The van der Waals surface area contributed by atoms with Crippen molar-refractivity contribution in [1.29, 1.82) is 0 Å². The summed E-state index contributed by atoms with van der Waals surface area (Å²) in [4.78, 5) is 0. The van der Waals surface area contributed by atoms with Gasteiger partial charge in [-0.3, -0.25) is 4.68 Å². The highest BCUT2D eigenvalue weighted by atomic mass is 16.5. The molecular formula is C13H18N2O2. The van der Waals surface area contributed by atoms with Crippen LogP contribution in [-0.2, 0) is 11.8 Å². The number of rotatable bonds is 5. The molecule has 0 aliphatic carbocycles. The Labute approximate surface area is 101 Å². The quantitative estimate of drug-likeness (QED) is 0.805. The zero-order valence-corrected chi connectivity index (χ0v) is 10.3. The van der Waals surface area contributed by atoms with Gasteiger partial charge in [-0.2, -0.15) is 5.10 Å². The summed E-state index contributed by atoms with van der Waals surface area (Å²) in [6.07, 6.45) is 0.994. The molecule has 0 aliphatic rings. The lowest BCUT2D eigenvalue weighted by atomic mass is 10.1. The van der Waals surface area contributed by atoms with E-state index >= 15 is 0 Å². The molecule has 2 rings (SSSR count). The lowest BCUT2D eigenvalue weighted by Gasteiger charge is -2.07. The molecule has 4 nitrogen and oxygen atoms in total. The zero-order chi connectivity index (χ0) is 12.3. The number of para-hydroxylation sites is 1. The third-order valence-electron chi connectivity index (χ3n) is 2.93. The number of aliphatic hydroxyl groups excluding tert-OH is 1. The molecule has 92 valence electrons. The van der Waals surface area contributed by atoms with Gasteiger partial charge in [0.25, 0.3) is 0 Å². The van der Waals surface area contributed by atoms with Crippen LogP contribution in [0, 0.1) is 0 Å². The van der Waals surface area contributed by atoms with E-state index in [1.165, 1.54) is 0 Å². The first-order valence-electron chi connectivity index (χ1n) is 5.82. The predicted octanol–water partition coefficient (Wildman–Crippen LogP) is 2.03. The van der Waals surface area contributed by atoms with Crippen LogP contribution in [0.2, 0.25) is 0 Å². The molecule has 1 heterocycles. The summed E-state index contributed by atoms with van der Waals surface area (Å²) in [7, 11) is 3.57. The van der Waals surface area contributed by atoms with Crippen molar-refractivity contribution in [2.45, 2.75) is 18.9 Å². The summed E-state index contributed by atoms with van der Waals surface area (Å²) in [6.45, 7) is 0.668. The largest absolute Gasteiger partial charge is 0.387 e. The maximum atomic E-state index is 10.1. The van der Waals surface area contributed by atoms with E-state index in [1.807, 2.05) is 36.0 Å². The summed E-state index contributed by atoms with van der Waals surface area (Å²) in [6, 6.07) is 7.95. The fourth-order valence-corrected chi connectivity index (χ4v) is 2.05. The Balaban J connectivity index is 2.23. The molecule has 1 atom stereocenters. The maximum absolute atomic E-state index is 10.1. The van der Waals surface area contributed by atoms with E-state index in [2.05, 4.69) is 5.10 Å². The zero-order valence-electron chi connectivity index (χ0n) is 10.3. The number of aromatic nitrogens is 2. The number of fused-ring (bicyclic) bond motifs is 1. The molecule has 1 N–H and O–H groups in total. The molecule has 0 saturated heterocycles. The molecule has 4 heteroatoms. The Bertz CT molecular complexity index is 493. The van der Waals surface area contributed by atoms with Gasteiger partial charge >= 0.3 is 0 Å². The topological polar surface area (TPSA) is 47.3 Å². The van der Waals surface area contributed by atoms with Crippen LogP contribution in [0.15, 0.2) is 24.3 Å². The van der Waals surface area contributed by atoms with Gasteiger partial charge in [0.15, 0.2) is 0 Å². The van der Waals surface area contributed by atoms with Crippen LogP contribution >= 0.6 is 0 Å². The first-order chi connectivity index (χ1) is 8.24. The van der Waals surface area contributed by atoms with Gasteiger partial charge in [-0.25, -0.2) is 0 Å². The van der Waals surface area contributed by atoms with Crippen LogP contribution in [-0.4, -0.2) is 28.6 Å². The van der Waals surface area contributed by atoms with E-state index in [1.54, 1.807) is 7.11 Å². The highest BCUT2D eigenvalue weighted by Crippen LogP contribution is 2.25. The van der Waals surface area contributed by atoms with E-state index in [9.17, 15) is 5.11 Å². The molecule has 17 heavy (non-hydrogen) atoms. The summed E-state index contributed by atoms with van der Waals surface area (Å²) < 4.78 is 6.79. The van der Waals surface area contributed by atoms with Gasteiger partial charge in [-0.1, -0.05) is 18.2 Å². The van der Waals surface area contributed by atoms with Crippen LogP contribution in [0.1, 0.15) is 24.6 Å². The maximum Gasteiger partial charge on any atom is 0.0988 e. The number of aliphatic hydroxyl groups is 1.